The van der Waals surface area contributed by atoms with Gasteiger partial charge in [0.2, 0.25) is 5.78 Å². The van der Waals surface area contributed by atoms with Crippen LogP contribution in [0.4, 0.5) is 0 Å². The Morgan fingerprint density at radius 2 is 1.93 bits per heavy atom. The van der Waals surface area contributed by atoms with E-state index in [1.54, 1.807) is 19.2 Å². The van der Waals surface area contributed by atoms with Crippen LogP contribution in [0.15, 0.2) is 30.3 Å². The average molecular weight is 369 g/mol. The van der Waals surface area contributed by atoms with Crippen molar-refractivity contribution >= 4 is 11.8 Å². The maximum Gasteiger partial charge on any atom is 0.315 e. The molecule has 1 atom stereocenters. The average Bonchev–Trinajstić information content (AvgIpc) is 2.82. The van der Waals surface area contributed by atoms with Crippen LogP contribution in [-0.4, -0.2) is 29.5 Å². The molecule has 2 heterocycles. The second-order valence-corrected chi connectivity index (χ2v) is 7.32. The fraction of sp³-hybridized carbons (Fsp3) is 0.455. The van der Waals surface area contributed by atoms with E-state index in [0.717, 1.165) is 37.1 Å². The Kier molecular flexibility index (Phi) is 5.68. The first-order chi connectivity index (χ1) is 12.9. The van der Waals surface area contributed by atoms with E-state index < -0.39 is 0 Å². The number of methoxy groups -OCH3 is 1. The molecule has 0 aliphatic carbocycles. The molecule has 27 heavy (non-hydrogen) atoms. The molecule has 0 bridgehead atoms. The van der Waals surface area contributed by atoms with E-state index in [1.165, 1.54) is 0 Å². The van der Waals surface area contributed by atoms with Gasteiger partial charge in [-0.1, -0.05) is 18.6 Å². The first kappa shape index (κ1) is 19.2. The van der Waals surface area contributed by atoms with Gasteiger partial charge in [0.15, 0.2) is 0 Å². The lowest BCUT2D eigenvalue weighted by atomic mass is 9.99. The number of ether oxygens (including phenoxy) is 2. The van der Waals surface area contributed by atoms with Crippen molar-refractivity contribution in [1.29, 1.82) is 0 Å². The maximum atomic E-state index is 13.3. The molecule has 0 N–H and O–H groups in total. The van der Waals surface area contributed by atoms with Crippen molar-refractivity contribution in [2.75, 3.05) is 7.11 Å². The first-order valence-corrected chi connectivity index (χ1v) is 9.52. The zero-order valence-electron chi connectivity index (χ0n) is 16.5. The zero-order valence-corrected chi connectivity index (χ0v) is 16.5. The van der Waals surface area contributed by atoms with Gasteiger partial charge in [0.05, 0.1) is 30.4 Å². The third-order valence-corrected chi connectivity index (χ3v) is 5.00. The number of aromatic nitrogens is 1. The molecule has 0 saturated heterocycles. The van der Waals surface area contributed by atoms with Crippen LogP contribution in [0, 0.1) is 6.92 Å². The highest BCUT2D eigenvalue weighted by atomic mass is 16.5. The number of aryl methyl sites for hydroxylation is 1. The van der Waals surface area contributed by atoms with Crippen LogP contribution in [0.1, 0.15) is 66.3 Å². The highest BCUT2D eigenvalue weighted by Gasteiger charge is 2.32. The monoisotopic (exact) mass is 369 g/mol. The SMILES string of the molecule is COc1ccccc1C(=O)c1c(C)cc2n1CCCCC2C(=O)OC(C)C. The van der Waals surface area contributed by atoms with E-state index in [0.29, 0.717) is 17.0 Å². The molecule has 2 aromatic rings. The van der Waals surface area contributed by atoms with Crippen LogP contribution >= 0.6 is 0 Å². The van der Waals surface area contributed by atoms with Crippen LogP contribution in [0.3, 0.4) is 0 Å². The predicted octanol–water partition coefficient (Wildman–Crippen LogP) is 4.26. The Bertz CT molecular complexity index is 850. The molecule has 5 heteroatoms. The molecule has 1 aromatic heterocycles. The molecule has 5 nitrogen and oxygen atoms in total. The topological polar surface area (TPSA) is 57.5 Å². The number of hydrogen-bond donors (Lipinski definition) is 0. The van der Waals surface area contributed by atoms with Crippen molar-refractivity contribution in [2.24, 2.45) is 0 Å². The van der Waals surface area contributed by atoms with Gasteiger partial charge in [-0.2, -0.15) is 0 Å². The lowest BCUT2D eigenvalue weighted by molar-refractivity contribution is -0.149. The lowest BCUT2D eigenvalue weighted by Crippen LogP contribution is -2.22. The van der Waals surface area contributed by atoms with Crippen LogP contribution in [0.25, 0.3) is 0 Å². The Morgan fingerprint density at radius 1 is 1.19 bits per heavy atom. The molecular formula is C22H27NO4. The van der Waals surface area contributed by atoms with E-state index >= 15 is 0 Å². The fourth-order valence-electron chi connectivity index (χ4n) is 3.82. The zero-order chi connectivity index (χ0) is 19.6. The smallest absolute Gasteiger partial charge is 0.315 e. The van der Waals surface area contributed by atoms with E-state index in [9.17, 15) is 9.59 Å². The predicted molar refractivity (Wildman–Crippen MR) is 103 cm³/mol. The van der Waals surface area contributed by atoms with E-state index in [4.69, 9.17) is 9.47 Å². The third-order valence-electron chi connectivity index (χ3n) is 5.00. The summed E-state index contributed by atoms with van der Waals surface area (Å²) in [6, 6.07) is 9.22. The van der Waals surface area contributed by atoms with Gasteiger partial charge in [-0.05, 0) is 57.4 Å². The van der Waals surface area contributed by atoms with Gasteiger partial charge >= 0.3 is 5.97 Å². The first-order valence-electron chi connectivity index (χ1n) is 9.52. The maximum absolute atomic E-state index is 13.3. The van der Waals surface area contributed by atoms with Crippen molar-refractivity contribution in [3.8, 4) is 5.75 Å². The Morgan fingerprint density at radius 3 is 2.63 bits per heavy atom. The number of carbonyl (C=O) groups is 2. The normalized spacial score (nSPS) is 16.6. The number of benzene rings is 1. The summed E-state index contributed by atoms with van der Waals surface area (Å²) >= 11 is 0. The summed E-state index contributed by atoms with van der Waals surface area (Å²) < 4.78 is 12.9. The molecule has 144 valence electrons. The summed E-state index contributed by atoms with van der Waals surface area (Å²) in [7, 11) is 1.57. The van der Waals surface area contributed by atoms with Crippen molar-refractivity contribution in [3.63, 3.8) is 0 Å². The number of hydrogen-bond acceptors (Lipinski definition) is 4. The fourth-order valence-corrected chi connectivity index (χ4v) is 3.82. The largest absolute Gasteiger partial charge is 0.496 e. The highest BCUT2D eigenvalue weighted by molar-refractivity contribution is 6.10. The Labute approximate surface area is 160 Å². The number of para-hydroxylation sites is 1. The summed E-state index contributed by atoms with van der Waals surface area (Å²) in [4.78, 5) is 26.0. The van der Waals surface area contributed by atoms with Gasteiger partial charge in [0.25, 0.3) is 0 Å². The number of rotatable bonds is 5. The minimum atomic E-state index is -0.326. The number of fused-ring (bicyclic) bond motifs is 1. The highest BCUT2D eigenvalue weighted by Crippen LogP contribution is 2.34. The molecular weight excluding hydrogens is 342 g/mol. The number of ketones is 1. The molecule has 0 saturated carbocycles. The number of esters is 1. The Balaban J connectivity index is 2.05. The van der Waals surface area contributed by atoms with Gasteiger partial charge in [-0.15, -0.1) is 0 Å². The molecule has 1 unspecified atom stereocenters. The molecule has 0 radical (unpaired) electrons. The van der Waals surface area contributed by atoms with E-state index in [-0.39, 0.29) is 23.8 Å². The standard InChI is InChI=1S/C22H27NO4/c1-14(2)27-22(25)16-9-7-8-12-23-18(16)13-15(3)20(23)21(24)17-10-5-6-11-19(17)26-4/h5-6,10-11,13-14,16H,7-9,12H2,1-4H3. The second-order valence-electron chi connectivity index (χ2n) is 7.32. The minimum absolute atomic E-state index is 0.0749. The van der Waals surface area contributed by atoms with Gasteiger partial charge < -0.3 is 14.0 Å². The minimum Gasteiger partial charge on any atom is -0.496 e. The van der Waals surface area contributed by atoms with Crippen molar-refractivity contribution in [2.45, 2.75) is 58.6 Å². The van der Waals surface area contributed by atoms with Crippen molar-refractivity contribution in [3.05, 3.63) is 52.8 Å². The number of nitrogens with zero attached hydrogens (tertiary/aromatic N) is 1. The van der Waals surface area contributed by atoms with Crippen LogP contribution in [-0.2, 0) is 16.1 Å². The van der Waals surface area contributed by atoms with Crippen molar-refractivity contribution < 1.29 is 19.1 Å². The van der Waals surface area contributed by atoms with Crippen LogP contribution in [0.2, 0.25) is 0 Å². The van der Waals surface area contributed by atoms with E-state index in [1.807, 2.05) is 43.5 Å². The molecule has 0 fully saturated rings. The van der Waals surface area contributed by atoms with Gasteiger partial charge in [0, 0.05) is 12.2 Å². The summed E-state index contributed by atoms with van der Waals surface area (Å²) in [6.45, 7) is 6.37. The number of carbonyl (C=O) groups excluding carboxylic acids is 2. The van der Waals surface area contributed by atoms with Crippen LogP contribution in [0.5, 0.6) is 5.75 Å². The molecule has 1 aliphatic rings. The quantitative estimate of drug-likeness (QED) is 0.584. The third kappa shape index (κ3) is 3.77. The van der Waals surface area contributed by atoms with Gasteiger partial charge in [-0.25, -0.2) is 0 Å². The van der Waals surface area contributed by atoms with Crippen LogP contribution < -0.4 is 4.74 Å². The van der Waals surface area contributed by atoms with Gasteiger partial charge in [-0.3, -0.25) is 9.59 Å². The Hall–Kier alpha value is -2.56. The molecule has 1 aliphatic heterocycles. The molecule has 0 amide bonds. The summed E-state index contributed by atoms with van der Waals surface area (Å²) in [5.74, 6) is -0.0503. The van der Waals surface area contributed by atoms with Gasteiger partial charge in [0.1, 0.15) is 5.75 Å². The summed E-state index contributed by atoms with van der Waals surface area (Å²) in [5, 5.41) is 0. The molecule has 1 aromatic carbocycles. The summed E-state index contributed by atoms with van der Waals surface area (Å²) in [5.41, 5.74) is 2.94. The summed E-state index contributed by atoms with van der Waals surface area (Å²) in [6.07, 6.45) is 2.46. The molecule has 0 spiro atoms. The lowest BCUT2D eigenvalue weighted by Gasteiger charge is -2.18. The van der Waals surface area contributed by atoms with Crippen molar-refractivity contribution in [1.82, 2.24) is 4.57 Å². The second kappa shape index (κ2) is 7.99. The molecule has 3 rings (SSSR count). The van der Waals surface area contributed by atoms with E-state index in [2.05, 4.69) is 0 Å².